The average Bonchev–Trinajstić information content (AvgIpc) is 2.40. The van der Waals surface area contributed by atoms with Crippen LogP contribution in [0.4, 0.5) is 10.6 Å². The van der Waals surface area contributed by atoms with Gasteiger partial charge in [-0.3, -0.25) is 0 Å². The molecule has 0 unspecified atom stereocenters. The number of nitrogens with one attached hydrogen (secondary N) is 1. The van der Waals surface area contributed by atoms with Crippen LogP contribution in [0.25, 0.3) is 0 Å². The van der Waals surface area contributed by atoms with Crippen LogP contribution in [0.1, 0.15) is 6.92 Å². The number of aromatic nitrogens is 1. The van der Waals surface area contributed by atoms with Gasteiger partial charge in [0.1, 0.15) is 5.82 Å². The number of nitrogens with zero attached hydrogens (tertiary/aromatic N) is 3. The molecule has 5 heteroatoms. The van der Waals surface area contributed by atoms with Crippen molar-refractivity contribution in [1.82, 2.24) is 15.2 Å². The maximum atomic E-state index is 11.6. The maximum absolute atomic E-state index is 11.6. The summed E-state index contributed by atoms with van der Waals surface area (Å²) in [6.45, 7) is 5.80. The molecule has 0 aliphatic carbocycles. The summed E-state index contributed by atoms with van der Waals surface area (Å²) in [5.74, 6) is 0.989. The molecule has 92 valence electrons. The van der Waals surface area contributed by atoms with Crippen LogP contribution in [0.15, 0.2) is 24.4 Å². The highest BCUT2D eigenvalue weighted by Crippen LogP contribution is 2.12. The van der Waals surface area contributed by atoms with Crippen LogP contribution in [0.2, 0.25) is 0 Å². The van der Waals surface area contributed by atoms with E-state index in [1.165, 1.54) is 0 Å². The second kappa shape index (κ2) is 5.52. The highest BCUT2D eigenvalue weighted by atomic mass is 16.2. The highest BCUT2D eigenvalue weighted by Gasteiger charge is 2.20. The lowest BCUT2D eigenvalue weighted by molar-refractivity contribution is 0.195. The second-order valence-corrected chi connectivity index (χ2v) is 4.00. The number of amides is 2. The Morgan fingerprint density at radius 2 is 2.12 bits per heavy atom. The average molecular weight is 234 g/mol. The number of rotatable bonds is 2. The van der Waals surface area contributed by atoms with Gasteiger partial charge >= 0.3 is 6.03 Å². The summed E-state index contributed by atoms with van der Waals surface area (Å²) in [6, 6.07) is 5.93. The number of hydrogen-bond donors (Lipinski definition) is 1. The minimum atomic E-state index is 0.0353. The van der Waals surface area contributed by atoms with Gasteiger partial charge in [-0.2, -0.15) is 0 Å². The summed E-state index contributed by atoms with van der Waals surface area (Å²) < 4.78 is 0. The molecule has 2 amide bonds. The number of urea groups is 1. The van der Waals surface area contributed by atoms with Crippen molar-refractivity contribution in [2.75, 3.05) is 37.6 Å². The maximum Gasteiger partial charge on any atom is 0.317 e. The Balaban J connectivity index is 1.88. The number of piperazine rings is 1. The first-order chi connectivity index (χ1) is 8.31. The fourth-order valence-corrected chi connectivity index (χ4v) is 1.94. The van der Waals surface area contributed by atoms with Gasteiger partial charge in [0.25, 0.3) is 0 Å². The molecule has 0 radical (unpaired) electrons. The van der Waals surface area contributed by atoms with Crippen LogP contribution in [-0.4, -0.2) is 48.6 Å². The molecule has 0 saturated carbocycles. The summed E-state index contributed by atoms with van der Waals surface area (Å²) >= 11 is 0. The van der Waals surface area contributed by atoms with Gasteiger partial charge in [-0.15, -0.1) is 0 Å². The van der Waals surface area contributed by atoms with E-state index in [2.05, 4.69) is 15.2 Å². The van der Waals surface area contributed by atoms with E-state index in [9.17, 15) is 4.79 Å². The van der Waals surface area contributed by atoms with Crippen LogP contribution >= 0.6 is 0 Å². The molecule has 17 heavy (non-hydrogen) atoms. The molecule has 1 N–H and O–H groups in total. The summed E-state index contributed by atoms with van der Waals surface area (Å²) in [5.41, 5.74) is 0. The molecule has 1 aromatic rings. The van der Waals surface area contributed by atoms with Crippen molar-refractivity contribution in [2.45, 2.75) is 6.92 Å². The molecular weight excluding hydrogens is 216 g/mol. The molecule has 1 fully saturated rings. The third-order valence-corrected chi connectivity index (χ3v) is 2.87. The van der Waals surface area contributed by atoms with Crippen molar-refractivity contribution < 1.29 is 4.79 Å². The summed E-state index contributed by atoms with van der Waals surface area (Å²) in [6.07, 6.45) is 1.80. The van der Waals surface area contributed by atoms with Gasteiger partial charge in [0, 0.05) is 38.9 Å². The Kier molecular flexibility index (Phi) is 3.80. The lowest BCUT2D eigenvalue weighted by Gasteiger charge is -2.35. The van der Waals surface area contributed by atoms with E-state index in [0.717, 1.165) is 32.0 Å². The zero-order valence-corrected chi connectivity index (χ0v) is 10.1. The first-order valence-electron chi connectivity index (χ1n) is 6.00. The molecule has 0 atom stereocenters. The number of anilines is 1. The van der Waals surface area contributed by atoms with E-state index in [0.29, 0.717) is 6.54 Å². The van der Waals surface area contributed by atoms with E-state index in [4.69, 9.17) is 0 Å². The van der Waals surface area contributed by atoms with E-state index in [1.54, 1.807) is 6.20 Å². The second-order valence-electron chi connectivity index (χ2n) is 4.00. The molecule has 1 aliphatic heterocycles. The Hall–Kier alpha value is -1.78. The fourth-order valence-electron chi connectivity index (χ4n) is 1.94. The van der Waals surface area contributed by atoms with Gasteiger partial charge < -0.3 is 15.1 Å². The topological polar surface area (TPSA) is 48.5 Å². The van der Waals surface area contributed by atoms with Crippen LogP contribution in [0.3, 0.4) is 0 Å². The van der Waals surface area contributed by atoms with Crippen LogP contribution in [0, 0.1) is 0 Å². The van der Waals surface area contributed by atoms with Crippen molar-refractivity contribution in [3.63, 3.8) is 0 Å². The normalized spacial score (nSPS) is 15.8. The molecule has 0 bridgehead atoms. The molecule has 5 nitrogen and oxygen atoms in total. The van der Waals surface area contributed by atoms with Crippen LogP contribution in [0.5, 0.6) is 0 Å². The van der Waals surface area contributed by atoms with Crippen molar-refractivity contribution in [3.05, 3.63) is 24.4 Å². The smallest absolute Gasteiger partial charge is 0.317 e. The lowest BCUT2D eigenvalue weighted by atomic mass is 10.3. The number of hydrogen-bond acceptors (Lipinski definition) is 3. The Bertz CT molecular complexity index is 360. The lowest BCUT2D eigenvalue weighted by Crippen LogP contribution is -2.52. The molecular formula is C12H18N4O. The third kappa shape index (κ3) is 2.87. The molecule has 0 spiro atoms. The number of carbonyl (C=O) groups excluding carboxylic acids is 1. The third-order valence-electron chi connectivity index (χ3n) is 2.87. The van der Waals surface area contributed by atoms with Gasteiger partial charge in [-0.1, -0.05) is 6.07 Å². The number of carbonyl (C=O) groups is 1. The van der Waals surface area contributed by atoms with Gasteiger partial charge in [0.15, 0.2) is 0 Å². The fraction of sp³-hybridized carbons (Fsp3) is 0.500. The Labute approximate surface area is 101 Å². The summed E-state index contributed by atoms with van der Waals surface area (Å²) in [5, 5.41) is 2.82. The molecule has 1 aromatic heterocycles. The van der Waals surface area contributed by atoms with E-state index in [1.807, 2.05) is 30.0 Å². The number of pyridine rings is 1. The predicted molar refractivity (Wildman–Crippen MR) is 67.1 cm³/mol. The quantitative estimate of drug-likeness (QED) is 0.828. The van der Waals surface area contributed by atoms with E-state index >= 15 is 0 Å². The summed E-state index contributed by atoms with van der Waals surface area (Å²) in [4.78, 5) is 20.0. The molecule has 1 saturated heterocycles. The van der Waals surface area contributed by atoms with Crippen molar-refractivity contribution >= 4 is 11.8 Å². The van der Waals surface area contributed by atoms with Crippen molar-refractivity contribution in [1.29, 1.82) is 0 Å². The van der Waals surface area contributed by atoms with Gasteiger partial charge in [-0.25, -0.2) is 9.78 Å². The molecule has 0 aromatic carbocycles. The SMILES string of the molecule is CCNC(=O)N1CCN(c2ccccn2)CC1. The van der Waals surface area contributed by atoms with Crippen LogP contribution in [-0.2, 0) is 0 Å². The zero-order chi connectivity index (χ0) is 12.1. The van der Waals surface area contributed by atoms with Crippen molar-refractivity contribution in [2.24, 2.45) is 0 Å². The van der Waals surface area contributed by atoms with Crippen LogP contribution < -0.4 is 10.2 Å². The minimum Gasteiger partial charge on any atom is -0.353 e. The standard InChI is InChI=1S/C12H18N4O/c1-2-13-12(17)16-9-7-15(8-10-16)11-5-3-4-6-14-11/h3-6H,2,7-10H2,1H3,(H,13,17). The minimum absolute atomic E-state index is 0.0353. The predicted octanol–water partition coefficient (Wildman–Crippen LogP) is 0.933. The molecule has 2 heterocycles. The zero-order valence-electron chi connectivity index (χ0n) is 10.1. The van der Waals surface area contributed by atoms with E-state index < -0.39 is 0 Å². The van der Waals surface area contributed by atoms with E-state index in [-0.39, 0.29) is 6.03 Å². The first-order valence-corrected chi connectivity index (χ1v) is 6.00. The Morgan fingerprint density at radius 3 is 2.71 bits per heavy atom. The van der Waals surface area contributed by atoms with Crippen molar-refractivity contribution in [3.8, 4) is 0 Å². The Morgan fingerprint density at radius 1 is 1.35 bits per heavy atom. The molecule has 1 aliphatic rings. The first kappa shape index (κ1) is 11.7. The van der Waals surface area contributed by atoms with Gasteiger partial charge in [0.2, 0.25) is 0 Å². The van der Waals surface area contributed by atoms with Gasteiger partial charge in [-0.05, 0) is 19.1 Å². The summed E-state index contributed by atoms with van der Waals surface area (Å²) in [7, 11) is 0. The largest absolute Gasteiger partial charge is 0.353 e. The highest BCUT2D eigenvalue weighted by molar-refractivity contribution is 5.74. The van der Waals surface area contributed by atoms with Gasteiger partial charge in [0.05, 0.1) is 0 Å². The molecule has 2 rings (SSSR count). The monoisotopic (exact) mass is 234 g/mol.